The van der Waals surface area contributed by atoms with Crippen molar-refractivity contribution in [2.75, 3.05) is 38.6 Å². The number of hydrogen-bond donors (Lipinski definition) is 1. The Hall–Kier alpha value is -3.02. The lowest BCUT2D eigenvalue weighted by atomic mass is 10.1. The zero-order valence-corrected chi connectivity index (χ0v) is 18.7. The van der Waals surface area contributed by atoms with Crippen molar-refractivity contribution in [1.82, 2.24) is 9.21 Å². The topological polar surface area (TPSA) is 122 Å². The van der Waals surface area contributed by atoms with E-state index in [0.29, 0.717) is 30.9 Å². The molecule has 0 aromatic heterocycles. The molecular weight excluding hydrogens is 436 g/mol. The van der Waals surface area contributed by atoms with Gasteiger partial charge in [0.15, 0.2) is 0 Å². The van der Waals surface area contributed by atoms with Crippen LogP contribution in [0.1, 0.15) is 13.3 Å². The fourth-order valence-corrected chi connectivity index (χ4v) is 5.13. The van der Waals surface area contributed by atoms with Gasteiger partial charge in [0.25, 0.3) is 5.69 Å². The van der Waals surface area contributed by atoms with Gasteiger partial charge in [-0.1, -0.05) is 13.0 Å². The van der Waals surface area contributed by atoms with E-state index in [1.54, 1.807) is 31.4 Å². The number of nitro benzene ring substituents is 1. The number of nitrogens with one attached hydrogen (secondary N) is 1. The van der Waals surface area contributed by atoms with E-state index >= 15 is 0 Å². The molecule has 0 saturated carbocycles. The number of sulfonamides is 1. The van der Waals surface area contributed by atoms with E-state index in [1.165, 1.54) is 22.5 Å². The lowest BCUT2D eigenvalue weighted by molar-refractivity contribution is -0.385. The lowest BCUT2D eigenvalue weighted by Crippen LogP contribution is -2.54. The first-order valence-corrected chi connectivity index (χ1v) is 11.6. The van der Waals surface area contributed by atoms with E-state index in [4.69, 9.17) is 4.74 Å². The van der Waals surface area contributed by atoms with Gasteiger partial charge in [-0.05, 0) is 36.8 Å². The summed E-state index contributed by atoms with van der Waals surface area (Å²) < 4.78 is 32.3. The first-order valence-electron chi connectivity index (χ1n) is 10.2. The molecule has 1 atom stereocenters. The van der Waals surface area contributed by atoms with Gasteiger partial charge in [0.2, 0.25) is 15.9 Å². The molecule has 3 rings (SSSR count). The van der Waals surface area contributed by atoms with Gasteiger partial charge < -0.3 is 10.1 Å². The van der Waals surface area contributed by atoms with Crippen molar-refractivity contribution in [3.8, 4) is 5.75 Å². The number of rotatable bonds is 8. The normalized spacial score (nSPS) is 16.3. The monoisotopic (exact) mass is 462 g/mol. The van der Waals surface area contributed by atoms with Gasteiger partial charge in [0.1, 0.15) is 5.75 Å². The number of carbonyl (C=O) groups excluding carboxylic acids is 1. The van der Waals surface area contributed by atoms with Crippen LogP contribution in [0.5, 0.6) is 5.75 Å². The van der Waals surface area contributed by atoms with E-state index in [2.05, 4.69) is 5.32 Å². The van der Waals surface area contributed by atoms with Crippen molar-refractivity contribution in [2.24, 2.45) is 0 Å². The lowest BCUT2D eigenvalue weighted by Gasteiger charge is -2.37. The molecule has 1 heterocycles. The zero-order chi connectivity index (χ0) is 23.3. The number of amides is 1. The highest BCUT2D eigenvalue weighted by molar-refractivity contribution is 7.89. The summed E-state index contributed by atoms with van der Waals surface area (Å²) in [7, 11) is -2.29. The Bertz CT molecular complexity index is 1070. The maximum atomic E-state index is 12.9. The van der Waals surface area contributed by atoms with Gasteiger partial charge in [0.05, 0.1) is 23.0 Å². The van der Waals surface area contributed by atoms with Crippen LogP contribution < -0.4 is 10.1 Å². The smallest absolute Gasteiger partial charge is 0.270 e. The second kappa shape index (κ2) is 10.1. The summed E-state index contributed by atoms with van der Waals surface area (Å²) in [6, 6.07) is 11.7. The highest BCUT2D eigenvalue weighted by Crippen LogP contribution is 2.23. The first-order chi connectivity index (χ1) is 15.3. The number of piperazine rings is 1. The van der Waals surface area contributed by atoms with E-state index in [1.807, 2.05) is 11.8 Å². The Morgan fingerprint density at radius 3 is 2.38 bits per heavy atom. The average Bonchev–Trinajstić information content (AvgIpc) is 2.80. The second-order valence-corrected chi connectivity index (χ2v) is 9.27. The number of nitro groups is 1. The van der Waals surface area contributed by atoms with Crippen molar-refractivity contribution >= 4 is 27.3 Å². The molecule has 1 saturated heterocycles. The van der Waals surface area contributed by atoms with Crippen molar-refractivity contribution < 1.29 is 22.9 Å². The molecule has 11 heteroatoms. The minimum Gasteiger partial charge on any atom is -0.497 e. The quantitative estimate of drug-likeness (QED) is 0.472. The summed E-state index contributed by atoms with van der Waals surface area (Å²) in [5, 5.41) is 13.9. The third kappa shape index (κ3) is 5.23. The zero-order valence-electron chi connectivity index (χ0n) is 17.9. The van der Waals surface area contributed by atoms with Crippen LogP contribution in [0.15, 0.2) is 53.4 Å². The van der Waals surface area contributed by atoms with Crippen LogP contribution in [0.4, 0.5) is 11.4 Å². The standard InChI is InChI=1S/C21H26N4O6S/c1-3-20(21(26)22-16-7-9-18(31-2)10-8-16)23-11-13-24(14-12-23)32(29,30)19-6-4-5-17(15-19)25(27)28/h4-10,15,20H,3,11-14H2,1-2H3,(H,22,26)/t20-/m1/s1. The number of carbonyl (C=O) groups is 1. The number of anilines is 1. The molecule has 1 N–H and O–H groups in total. The molecule has 1 aliphatic heterocycles. The van der Waals surface area contributed by atoms with Crippen LogP contribution in [0.2, 0.25) is 0 Å². The van der Waals surface area contributed by atoms with Crippen LogP contribution in [0.25, 0.3) is 0 Å². The second-order valence-electron chi connectivity index (χ2n) is 7.34. The predicted molar refractivity (Wildman–Crippen MR) is 119 cm³/mol. The summed E-state index contributed by atoms with van der Waals surface area (Å²) in [6.07, 6.45) is 0.569. The van der Waals surface area contributed by atoms with E-state index in [9.17, 15) is 23.3 Å². The minimum atomic E-state index is -3.86. The van der Waals surface area contributed by atoms with E-state index in [0.717, 1.165) is 6.07 Å². The summed E-state index contributed by atoms with van der Waals surface area (Å²) in [5.41, 5.74) is 0.382. The third-order valence-corrected chi connectivity index (χ3v) is 7.32. The fourth-order valence-electron chi connectivity index (χ4n) is 3.67. The molecule has 0 unspecified atom stereocenters. The fraction of sp³-hybridized carbons (Fsp3) is 0.381. The van der Waals surface area contributed by atoms with Crippen molar-refractivity contribution in [3.63, 3.8) is 0 Å². The Kier molecular flexibility index (Phi) is 7.44. The van der Waals surface area contributed by atoms with Crippen molar-refractivity contribution in [2.45, 2.75) is 24.3 Å². The average molecular weight is 463 g/mol. The first kappa shape index (κ1) is 23.6. The summed E-state index contributed by atoms with van der Waals surface area (Å²) in [5.74, 6) is 0.531. The molecular formula is C21H26N4O6S. The molecule has 2 aromatic carbocycles. The van der Waals surface area contributed by atoms with Crippen LogP contribution in [0.3, 0.4) is 0 Å². The van der Waals surface area contributed by atoms with E-state index in [-0.39, 0.29) is 29.6 Å². The maximum absolute atomic E-state index is 12.9. The highest BCUT2D eigenvalue weighted by atomic mass is 32.2. The van der Waals surface area contributed by atoms with Gasteiger partial charge in [-0.3, -0.25) is 19.8 Å². The number of ether oxygens (including phenoxy) is 1. The molecule has 0 radical (unpaired) electrons. The molecule has 1 aliphatic rings. The van der Waals surface area contributed by atoms with Gasteiger partial charge in [0, 0.05) is 44.0 Å². The Morgan fingerprint density at radius 1 is 1.16 bits per heavy atom. The number of benzene rings is 2. The van der Waals surface area contributed by atoms with Crippen LogP contribution in [0, 0.1) is 10.1 Å². The number of hydrogen-bond acceptors (Lipinski definition) is 7. The van der Waals surface area contributed by atoms with E-state index < -0.39 is 21.0 Å². The molecule has 0 spiro atoms. The number of methoxy groups -OCH3 is 1. The molecule has 0 bridgehead atoms. The third-order valence-electron chi connectivity index (χ3n) is 5.43. The molecule has 10 nitrogen and oxygen atoms in total. The highest BCUT2D eigenvalue weighted by Gasteiger charge is 2.33. The van der Waals surface area contributed by atoms with Crippen LogP contribution in [-0.2, 0) is 14.8 Å². The largest absolute Gasteiger partial charge is 0.497 e. The molecule has 0 aliphatic carbocycles. The number of non-ortho nitro benzene ring substituents is 1. The van der Waals surface area contributed by atoms with Gasteiger partial charge in [-0.25, -0.2) is 8.42 Å². The molecule has 32 heavy (non-hydrogen) atoms. The maximum Gasteiger partial charge on any atom is 0.270 e. The molecule has 172 valence electrons. The van der Waals surface area contributed by atoms with Crippen LogP contribution >= 0.6 is 0 Å². The van der Waals surface area contributed by atoms with Crippen molar-refractivity contribution in [3.05, 3.63) is 58.6 Å². The molecule has 1 fully saturated rings. The number of nitrogens with zero attached hydrogens (tertiary/aromatic N) is 3. The van der Waals surface area contributed by atoms with Gasteiger partial charge in [-0.15, -0.1) is 0 Å². The summed E-state index contributed by atoms with van der Waals surface area (Å²) in [4.78, 5) is 25.0. The molecule has 2 aromatic rings. The SMILES string of the molecule is CC[C@H](C(=O)Nc1ccc(OC)cc1)N1CCN(S(=O)(=O)c2cccc([N+](=O)[O-])c2)CC1. The minimum absolute atomic E-state index is 0.107. The molecule has 1 amide bonds. The Labute approximate surface area is 187 Å². The van der Waals surface area contributed by atoms with Gasteiger partial charge in [-0.2, -0.15) is 4.31 Å². The van der Waals surface area contributed by atoms with Crippen molar-refractivity contribution in [1.29, 1.82) is 0 Å². The summed E-state index contributed by atoms with van der Waals surface area (Å²) >= 11 is 0. The van der Waals surface area contributed by atoms with Crippen LogP contribution in [-0.4, -0.2) is 67.8 Å². The Balaban J connectivity index is 1.64. The van der Waals surface area contributed by atoms with Gasteiger partial charge >= 0.3 is 0 Å². The Morgan fingerprint density at radius 2 is 1.81 bits per heavy atom. The summed E-state index contributed by atoms with van der Waals surface area (Å²) in [6.45, 7) is 3.05. The predicted octanol–water partition coefficient (Wildman–Crippen LogP) is 2.33.